The van der Waals surface area contributed by atoms with Crippen LogP contribution in [0.3, 0.4) is 0 Å². The first kappa shape index (κ1) is 24.9. The molecule has 2 aliphatic rings. The molecule has 5 rings (SSSR count). The topological polar surface area (TPSA) is 73.8 Å². The van der Waals surface area contributed by atoms with Crippen molar-refractivity contribution < 1.29 is 14.6 Å². The third-order valence-corrected chi connectivity index (χ3v) is 8.05. The lowest BCUT2D eigenvalue weighted by Crippen LogP contribution is -2.42. The minimum atomic E-state index is -0.439. The highest BCUT2D eigenvalue weighted by atomic mass is 35.5. The molecule has 2 fully saturated rings. The van der Waals surface area contributed by atoms with Gasteiger partial charge in [0.15, 0.2) is 0 Å². The second kappa shape index (κ2) is 9.94. The Morgan fingerprint density at radius 2 is 1.69 bits per heavy atom. The van der Waals surface area contributed by atoms with Crippen LogP contribution < -0.4 is 15.6 Å². The van der Waals surface area contributed by atoms with E-state index in [4.69, 9.17) is 27.9 Å². The molecule has 3 aromatic rings. The number of hydrogen-bond donors (Lipinski definition) is 3. The van der Waals surface area contributed by atoms with E-state index in [0.717, 1.165) is 33.6 Å². The zero-order valence-corrected chi connectivity index (χ0v) is 21.9. The molecule has 4 atom stereocenters. The van der Waals surface area contributed by atoms with Gasteiger partial charge in [-0.05, 0) is 61.2 Å². The summed E-state index contributed by atoms with van der Waals surface area (Å²) in [6.07, 6.45) is 0.694. The zero-order valence-electron chi connectivity index (χ0n) is 20.4. The number of halogens is 2. The van der Waals surface area contributed by atoms with Gasteiger partial charge in [0.1, 0.15) is 17.5 Å². The van der Waals surface area contributed by atoms with Crippen molar-refractivity contribution in [3.05, 3.63) is 92.5 Å². The minimum Gasteiger partial charge on any atom is -0.507 e. The molecule has 2 heterocycles. The van der Waals surface area contributed by atoms with E-state index in [1.54, 1.807) is 13.2 Å². The monoisotopic (exact) mass is 525 g/mol. The van der Waals surface area contributed by atoms with E-state index in [-0.39, 0.29) is 29.7 Å². The average Bonchev–Trinajstić information content (AvgIpc) is 3.41. The molecular formula is C28H29Cl2N3O3. The molecule has 2 aliphatic heterocycles. The summed E-state index contributed by atoms with van der Waals surface area (Å²) < 4.78 is 5.27. The smallest absolute Gasteiger partial charge is 0.242 e. The molecule has 6 nitrogen and oxygen atoms in total. The zero-order chi connectivity index (χ0) is 25.6. The van der Waals surface area contributed by atoms with Gasteiger partial charge in [0, 0.05) is 18.0 Å². The fourth-order valence-corrected chi connectivity index (χ4v) is 5.89. The highest BCUT2D eigenvalue weighted by Crippen LogP contribution is 2.49. The van der Waals surface area contributed by atoms with Crippen molar-refractivity contribution in [3.8, 4) is 11.5 Å². The molecule has 0 radical (unpaired) electrons. The van der Waals surface area contributed by atoms with Crippen LogP contribution in [0.5, 0.6) is 11.5 Å². The lowest BCUT2D eigenvalue weighted by Gasteiger charge is -2.32. The number of methoxy groups -OCH3 is 1. The first-order valence-corrected chi connectivity index (χ1v) is 12.7. The maximum atomic E-state index is 13.7. The van der Waals surface area contributed by atoms with Gasteiger partial charge in [0.2, 0.25) is 5.91 Å². The molecule has 0 saturated carbocycles. The number of amides is 1. The number of aryl methyl sites for hydroxylation is 2. The van der Waals surface area contributed by atoms with E-state index < -0.39 is 6.04 Å². The van der Waals surface area contributed by atoms with Crippen LogP contribution in [0.2, 0.25) is 10.0 Å². The van der Waals surface area contributed by atoms with Crippen LogP contribution in [0.25, 0.3) is 0 Å². The number of nitrogens with one attached hydrogen (secondary N) is 2. The Kier molecular flexibility index (Phi) is 6.88. The molecular weight excluding hydrogens is 497 g/mol. The maximum absolute atomic E-state index is 13.7. The molecule has 3 aromatic carbocycles. The molecule has 0 aromatic heterocycles. The van der Waals surface area contributed by atoms with Gasteiger partial charge in [-0.3, -0.25) is 4.79 Å². The highest BCUT2D eigenvalue weighted by molar-refractivity contribution is 6.42. The number of hydrazine groups is 1. The summed E-state index contributed by atoms with van der Waals surface area (Å²) in [5, 5.41) is 11.9. The number of likely N-dealkylation sites (tertiary alicyclic amines) is 1. The number of rotatable bonds is 6. The van der Waals surface area contributed by atoms with Gasteiger partial charge in [0.25, 0.3) is 0 Å². The number of phenols is 1. The Bertz CT molecular complexity index is 1300. The van der Waals surface area contributed by atoms with E-state index in [1.165, 1.54) is 0 Å². The van der Waals surface area contributed by atoms with E-state index in [1.807, 2.05) is 67.3 Å². The predicted molar refractivity (Wildman–Crippen MR) is 141 cm³/mol. The number of carbonyl (C=O) groups excluding carboxylic acids is 1. The Balaban J connectivity index is 1.53. The third kappa shape index (κ3) is 4.43. The number of aromatic hydroxyl groups is 1. The maximum Gasteiger partial charge on any atom is 0.242 e. The molecule has 2 saturated heterocycles. The van der Waals surface area contributed by atoms with E-state index in [2.05, 4.69) is 10.9 Å². The van der Waals surface area contributed by atoms with Crippen molar-refractivity contribution in [3.63, 3.8) is 0 Å². The van der Waals surface area contributed by atoms with Gasteiger partial charge in [-0.15, -0.1) is 0 Å². The van der Waals surface area contributed by atoms with Crippen molar-refractivity contribution in [2.45, 2.75) is 38.4 Å². The minimum absolute atomic E-state index is 0.0171. The van der Waals surface area contributed by atoms with Gasteiger partial charge in [-0.2, -0.15) is 0 Å². The summed E-state index contributed by atoms with van der Waals surface area (Å²) in [7, 11) is 1.64. The first-order valence-electron chi connectivity index (χ1n) is 12.0. The van der Waals surface area contributed by atoms with Crippen LogP contribution in [-0.4, -0.2) is 35.6 Å². The number of fused-ring (bicyclic) bond motifs is 1. The molecule has 0 spiro atoms. The third-order valence-electron chi connectivity index (χ3n) is 7.31. The highest BCUT2D eigenvalue weighted by Gasteiger charge is 2.55. The Labute approximate surface area is 221 Å². The van der Waals surface area contributed by atoms with Crippen molar-refractivity contribution in [1.82, 2.24) is 15.8 Å². The molecule has 4 unspecified atom stereocenters. The fraction of sp³-hybridized carbons (Fsp3) is 0.321. The summed E-state index contributed by atoms with van der Waals surface area (Å²) in [6.45, 7) is 4.44. The molecule has 1 amide bonds. The van der Waals surface area contributed by atoms with Gasteiger partial charge in [0.05, 0.1) is 29.2 Å². The van der Waals surface area contributed by atoms with E-state index >= 15 is 0 Å². The molecule has 8 heteroatoms. The standard InChI is InChI=1S/C28H29Cl2N3O3/c1-15-12-16(2)27(34)20(13-15)24-23-25(32-31-24)28(35)33(11-10-17-4-7-19(36-3)8-5-17)26(23)18-6-9-21(29)22(30)14-18/h4-9,12-14,23-26,31-32,34H,10-11H2,1-3H3. The van der Waals surface area contributed by atoms with Gasteiger partial charge in [-0.25, -0.2) is 10.9 Å². The molecule has 0 aliphatic carbocycles. The molecule has 0 bridgehead atoms. The Morgan fingerprint density at radius 1 is 0.972 bits per heavy atom. The fourth-order valence-electron chi connectivity index (χ4n) is 5.58. The summed E-state index contributed by atoms with van der Waals surface area (Å²) in [5.41, 5.74) is 11.2. The van der Waals surface area contributed by atoms with Crippen LogP contribution in [0.1, 0.15) is 39.9 Å². The number of nitrogens with zero attached hydrogens (tertiary/aromatic N) is 1. The largest absolute Gasteiger partial charge is 0.507 e. The summed E-state index contributed by atoms with van der Waals surface area (Å²) in [5.74, 6) is 0.893. The predicted octanol–water partition coefficient (Wildman–Crippen LogP) is 5.28. The van der Waals surface area contributed by atoms with Crippen molar-refractivity contribution in [2.24, 2.45) is 5.92 Å². The number of ether oxygens (including phenoxy) is 1. The second-order valence-corrected chi connectivity index (χ2v) is 10.4. The van der Waals surface area contributed by atoms with E-state index in [9.17, 15) is 9.90 Å². The lowest BCUT2D eigenvalue weighted by atomic mass is 9.82. The summed E-state index contributed by atoms with van der Waals surface area (Å²) >= 11 is 12.7. The van der Waals surface area contributed by atoms with Crippen LogP contribution in [0, 0.1) is 19.8 Å². The van der Waals surface area contributed by atoms with Crippen LogP contribution in [0.4, 0.5) is 0 Å². The van der Waals surface area contributed by atoms with Crippen LogP contribution in [0.15, 0.2) is 54.6 Å². The second-order valence-electron chi connectivity index (χ2n) is 9.59. The van der Waals surface area contributed by atoms with E-state index in [0.29, 0.717) is 23.0 Å². The number of carbonyl (C=O) groups is 1. The van der Waals surface area contributed by atoms with Crippen molar-refractivity contribution in [1.29, 1.82) is 0 Å². The van der Waals surface area contributed by atoms with Gasteiger partial charge >= 0.3 is 0 Å². The number of benzene rings is 3. The Morgan fingerprint density at radius 3 is 2.39 bits per heavy atom. The Hall–Kier alpha value is -2.77. The lowest BCUT2D eigenvalue weighted by molar-refractivity contribution is -0.130. The van der Waals surface area contributed by atoms with Crippen LogP contribution >= 0.6 is 23.2 Å². The van der Waals surface area contributed by atoms with Crippen LogP contribution in [-0.2, 0) is 11.2 Å². The number of phenolic OH excluding ortho intramolecular Hbond substituents is 1. The number of hydrogen-bond acceptors (Lipinski definition) is 5. The molecule has 188 valence electrons. The normalized spacial score (nSPS) is 23.2. The first-order chi connectivity index (χ1) is 17.3. The van der Waals surface area contributed by atoms with Crippen molar-refractivity contribution in [2.75, 3.05) is 13.7 Å². The molecule has 3 N–H and O–H groups in total. The SMILES string of the molecule is COc1ccc(CCN2C(=O)C3NNC(c4cc(C)cc(C)c4O)C3C2c2ccc(Cl)c(Cl)c2)cc1. The summed E-state index contributed by atoms with van der Waals surface area (Å²) in [4.78, 5) is 15.7. The molecule has 36 heavy (non-hydrogen) atoms. The van der Waals surface area contributed by atoms with Gasteiger partial charge in [-0.1, -0.05) is 59.1 Å². The van der Waals surface area contributed by atoms with Gasteiger partial charge < -0.3 is 14.7 Å². The quantitative estimate of drug-likeness (QED) is 0.408. The average molecular weight is 526 g/mol. The summed E-state index contributed by atoms with van der Waals surface area (Å²) in [6, 6.07) is 16.4. The van der Waals surface area contributed by atoms with Crippen molar-refractivity contribution >= 4 is 29.1 Å².